The van der Waals surface area contributed by atoms with Crippen LogP contribution < -0.4 is 10.1 Å². The van der Waals surface area contributed by atoms with E-state index >= 15 is 0 Å². The third-order valence-corrected chi connectivity index (χ3v) is 6.49. The lowest BCUT2D eigenvalue weighted by atomic mass is 9.97. The molecule has 0 unspecified atom stereocenters. The first-order chi connectivity index (χ1) is 11.9. The van der Waals surface area contributed by atoms with Crippen LogP contribution in [0, 0.1) is 12.8 Å². The molecule has 0 atom stereocenters. The van der Waals surface area contributed by atoms with Crippen LogP contribution in [0.15, 0.2) is 23.1 Å². The number of piperidine rings is 1. The summed E-state index contributed by atoms with van der Waals surface area (Å²) in [5, 5.41) is 2.81. The maximum Gasteiger partial charge on any atom is 0.243 e. The number of benzene rings is 1. The Labute approximate surface area is 149 Å². The molecule has 1 N–H and O–H groups in total. The molecule has 0 saturated carbocycles. The molecule has 1 aromatic carbocycles. The van der Waals surface area contributed by atoms with Gasteiger partial charge in [-0.1, -0.05) is 0 Å². The number of aryl methyl sites for hydroxylation is 1. The minimum absolute atomic E-state index is 0.0327. The molecular formula is C17H26N2O5S. The zero-order chi connectivity index (χ0) is 18.4. The van der Waals surface area contributed by atoms with E-state index in [2.05, 4.69) is 5.32 Å². The highest BCUT2D eigenvalue weighted by atomic mass is 32.2. The fraction of sp³-hybridized carbons (Fsp3) is 0.588. The Hall–Kier alpha value is -1.64. The van der Waals surface area contributed by atoms with E-state index in [4.69, 9.17) is 9.47 Å². The van der Waals surface area contributed by atoms with Crippen molar-refractivity contribution in [2.45, 2.75) is 24.7 Å². The number of amides is 1. The lowest BCUT2D eigenvalue weighted by molar-refractivity contribution is -0.126. The van der Waals surface area contributed by atoms with Gasteiger partial charge in [0, 0.05) is 32.7 Å². The molecule has 0 aromatic heterocycles. The number of nitrogens with one attached hydrogen (secondary N) is 1. The summed E-state index contributed by atoms with van der Waals surface area (Å²) in [6.07, 6.45) is 1.04. The van der Waals surface area contributed by atoms with Crippen LogP contribution in [-0.4, -0.2) is 59.1 Å². The van der Waals surface area contributed by atoms with E-state index in [1.165, 1.54) is 4.31 Å². The molecule has 0 aliphatic carbocycles. The summed E-state index contributed by atoms with van der Waals surface area (Å²) in [6, 6.07) is 4.94. The second kappa shape index (κ2) is 8.64. The van der Waals surface area contributed by atoms with E-state index in [-0.39, 0.29) is 16.7 Å². The van der Waals surface area contributed by atoms with Crippen LogP contribution in [0.4, 0.5) is 0 Å². The molecule has 1 aromatic rings. The Morgan fingerprint density at radius 3 is 2.52 bits per heavy atom. The second-order valence-electron chi connectivity index (χ2n) is 6.09. The van der Waals surface area contributed by atoms with Gasteiger partial charge in [-0.15, -0.1) is 0 Å². The van der Waals surface area contributed by atoms with Crippen LogP contribution in [0.2, 0.25) is 0 Å². The first-order valence-corrected chi connectivity index (χ1v) is 9.75. The van der Waals surface area contributed by atoms with Gasteiger partial charge in [-0.25, -0.2) is 8.42 Å². The molecule has 1 saturated heterocycles. The van der Waals surface area contributed by atoms with Crippen LogP contribution in [-0.2, 0) is 19.6 Å². The average Bonchev–Trinajstić information content (AvgIpc) is 2.61. The number of methoxy groups -OCH3 is 2. The van der Waals surface area contributed by atoms with Gasteiger partial charge in [-0.05, 0) is 43.5 Å². The predicted octanol–water partition coefficient (Wildman–Crippen LogP) is 1.17. The maximum absolute atomic E-state index is 12.9. The lowest BCUT2D eigenvalue weighted by Gasteiger charge is -2.31. The number of hydrogen-bond donors (Lipinski definition) is 1. The molecule has 7 nitrogen and oxygen atoms in total. The molecule has 140 valence electrons. The van der Waals surface area contributed by atoms with Crippen LogP contribution in [0.25, 0.3) is 0 Å². The van der Waals surface area contributed by atoms with Gasteiger partial charge < -0.3 is 14.8 Å². The molecule has 25 heavy (non-hydrogen) atoms. The van der Waals surface area contributed by atoms with Crippen molar-refractivity contribution in [2.75, 3.05) is 40.5 Å². The molecule has 0 radical (unpaired) electrons. The van der Waals surface area contributed by atoms with Gasteiger partial charge in [-0.2, -0.15) is 4.31 Å². The Morgan fingerprint density at radius 2 is 1.96 bits per heavy atom. The van der Waals surface area contributed by atoms with Crippen LogP contribution in [0.3, 0.4) is 0 Å². The highest BCUT2D eigenvalue weighted by Gasteiger charge is 2.32. The molecule has 1 aliphatic heterocycles. The van der Waals surface area contributed by atoms with Crippen molar-refractivity contribution in [1.82, 2.24) is 9.62 Å². The maximum atomic E-state index is 12.9. The normalized spacial score (nSPS) is 16.6. The fourth-order valence-electron chi connectivity index (χ4n) is 2.96. The summed E-state index contributed by atoms with van der Waals surface area (Å²) in [5.74, 6) is 0.442. The SMILES string of the molecule is COCCNC(=O)C1CCN(S(=O)(=O)c2ccc(OC)cc2C)CC1. The number of sulfonamides is 1. The first kappa shape index (κ1) is 19.7. The summed E-state index contributed by atoms with van der Waals surface area (Å²) in [7, 11) is -0.435. The third-order valence-electron chi connectivity index (χ3n) is 4.43. The van der Waals surface area contributed by atoms with E-state index in [1.807, 2.05) is 0 Å². The van der Waals surface area contributed by atoms with Crippen molar-refractivity contribution in [1.29, 1.82) is 0 Å². The van der Waals surface area contributed by atoms with Gasteiger partial charge in [0.25, 0.3) is 0 Å². The van der Waals surface area contributed by atoms with Crippen molar-refractivity contribution in [3.63, 3.8) is 0 Å². The quantitative estimate of drug-likeness (QED) is 0.728. The van der Waals surface area contributed by atoms with Gasteiger partial charge >= 0.3 is 0 Å². The lowest BCUT2D eigenvalue weighted by Crippen LogP contribution is -2.43. The number of carbonyl (C=O) groups is 1. The standard InChI is InChI=1S/C17H26N2O5S/c1-13-12-15(24-3)4-5-16(13)25(21,22)19-9-6-14(7-10-19)17(20)18-8-11-23-2/h4-5,12,14H,6-11H2,1-3H3,(H,18,20). The molecule has 1 fully saturated rings. The van der Waals surface area contributed by atoms with E-state index < -0.39 is 10.0 Å². The molecular weight excluding hydrogens is 344 g/mol. The van der Waals surface area contributed by atoms with Crippen LogP contribution in [0.1, 0.15) is 18.4 Å². The highest BCUT2D eigenvalue weighted by Crippen LogP contribution is 2.27. The number of nitrogens with zero attached hydrogens (tertiary/aromatic N) is 1. The number of ether oxygens (including phenoxy) is 2. The van der Waals surface area contributed by atoms with E-state index in [0.29, 0.717) is 50.4 Å². The van der Waals surface area contributed by atoms with E-state index in [0.717, 1.165) is 0 Å². The van der Waals surface area contributed by atoms with Gasteiger partial charge in [0.15, 0.2) is 0 Å². The van der Waals surface area contributed by atoms with Gasteiger partial charge in [0.2, 0.25) is 15.9 Å². The first-order valence-electron chi connectivity index (χ1n) is 8.31. The van der Waals surface area contributed by atoms with Crippen LogP contribution >= 0.6 is 0 Å². The Balaban J connectivity index is 2.00. The van der Waals surface area contributed by atoms with Crippen molar-refractivity contribution >= 4 is 15.9 Å². The molecule has 1 aliphatic rings. The van der Waals surface area contributed by atoms with Gasteiger partial charge in [-0.3, -0.25) is 4.79 Å². The second-order valence-corrected chi connectivity index (χ2v) is 8.00. The summed E-state index contributed by atoms with van der Waals surface area (Å²) in [5.41, 5.74) is 0.652. The van der Waals surface area contributed by atoms with E-state index in [9.17, 15) is 13.2 Å². The Bertz CT molecular complexity index is 697. The molecule has 2 rings (SSSR count). The van der Waals surface area contributed by atoms with Crippen molar-refractivity contribution < 1.29 is 22.7 Å². The predicted molar refractivity (Wildman–Crippen MR) is 94.1 cm³/mol. The number of rotatable bonds is 7. The van der Waals surface area contributed by atoms with Crippen LogP contribution in [0.5, 0.6) is 5.75 Å². The van der Waals surface area contributed by atoms with Crippen molar-refractivity contribution in [2.24, 2.45) is 5.92 Å². The molecule has 0 spiro atoms. The number of carbonyl (C=O) groups excluding carboxylic acids is 1. The molecule has 1 amide bonds. The zero-order valence-corrected chi connectivity index (χ0v) is 15.8. The van der Waals surface area contributed by atoms with E-state index in [1.54, 1.807) is 39.3 Å². The number of hydrogen-bond acceptors (Lipinski definition) is 5. The average molecular weight is 370 g/mol. The van der Waals surface area contributed by atoms with Crippen molar-refractivity contribution in [3.8, 4) is 5.75 Å². The minimum atomic E-state index is -3.56. The van der Waals surface area contributed by atoms with Gasteiger partial charge in [0.1, 0.15) is 5.75 Å². The Kier molecular flexibility index (Phi) is 6.80. The smallest absolute Gasteiger partial charge is 0.243 e. The summed E-state index contributed by atoms with van der Waals surface area (Å²) >= 11 is 0. The zero-order valence-electron chi connectivity index (χ0n) is 14.9. The third kappa shape index (κ3) is 4.71. The Morgan fingerprint density at radius 1 is 1.28 bits per heavy atom. The largest absolute Gasteiger partial charge is 0.497 e. The topological polar surface area (TPSA) is 84.9 Å². The molecule has 0 bridgehead atoms. The van der Waals surface area contributed by atoms with Gasteiger partial charge in [0.05, 0.1) is 18.6 Å². The monoisotopic (exact) mass is 370 g/mol. The van der Waals surface area contributed by atoms with Crippen molar-refractivity contribution in [3.05, 3.63) is 23.8 Å². The summed E-state index contributed by atoms with van der Waals surface area (Å²) in [4.78, 5) is 12.4. The molecule has 8 heteroatoms. The molecule has 1 heterocycles. The fourth-order valence-corrected chi connectivity index (χ4v) is 4.63. The summed E-state index contributed by atoms with van der Waals surface area (Å²) < 4.78 is 37.2. The highest BCUT2D eigenvalue weighted by molar-refractivity contribution is 7.89. The summed E-state index contributed by atoms with van der Waals surface area (Å²) in [6.45, 7) is 3.38. The minimum Gasteiger partial charge on any atom is -0.497 e.